The zero-order chi connectivity index (χ0) is 21.0. The van der Waals surface area contributed by atoms with Gasteiger partial charge in [-0.15, -0.1) is 10.2 Å². The highest BCUT2D eigenvalue weighted by Crippen LogP contribution is 2.22. The average molecular weight is 421 g/mol. The Morgan fingerprint density at radius 3 is 2.50 bits per heavy atom. The van der Waals surface area contributed by atoms with Gasteiger partial charge in [-0.25, -0.2) is 13.1 Å². The Bertz CT molecular complexity index is 1220. The van der Waals surface area contributed by atoms with Crippen molar-refractivity contribution in [3.8, 4) is 17.4 Å². The van der Waals surface area contributed by atoms with Crippen molar-refractivity contribution in [3.63, 3.8) is 0 Å². The number of anilines is 1. The first-order valence-electron chi connectivity index (χ1n) is 9.15. The Morgan fingerprint density at radius 1 is 1.00 bits per heavy atom. The van der Waals surface area contributed by atoms with Crippen LogP contribution in [0.1, 0.15) is 11.1 Å². The van der Waals surface area contributed by atoms with E-state index in [-0.39, 0.29) is 5.75 Å². The van der Waals surface area contributed by atoms with Crippen LogP contribution in [-0.4, -0.2) is 28.4 Å². The van der Waals surface area contributed by atoms with E-state index in [1.165, 1.54) is 0 Å². The largest absolute Gasteiger partial charge is 0.438 e. The zero-order valence-electron chi connectivity index (χ0n) is 16.1. The third-order valence-electron chi connectivity index (χ3n) is 4.15. The van der Waals surface area contributed by atoms with Gasteiger partial charge in [-0.1, -0.05) is 29.8 Å². The highest BCUT2D eigenvalue weighted by Gasteiger charge is 2.12. The molecular weight excluding hydrogens is 402 g/mol. The molecule has 8 nitrogen and oxygen atoms in total. The number of hydrogen-bond donors (Lipinski definition) is 1. The summed E-state index contributed by atoms with van der Waals surface area (Å²) in [5.74, 6) is 1.31. The fourth-order valence-corrected chi connectivity index (χ4v) is 4.03. The number of nitrogens with one attached hydrogen (secondary N) is 1. The van der Waals surface area contributed by atoms with E-state index in [9.17, 15) is 8.42 Å². The van der Waals surface area contributed by atoms with Crippen molar-refractivity contribution in [3.05, 3.63) is 90.3 Å². The van der Waals surface area contributed by atoms with E-state index in [2.05, 4.69) is 20.0 Å². The molecule has 0 amide bonds. The smallest absolute Gasteiger partial charge is 0.238 e. The van der Waals surface area contributed by atoms with E-state index in [0.717, 1.165) is 11.1 Å². The molecule has 0 bridgehead atoms. The van der Waals surface area contributed by atoms with Crippen LogP contribution in [0.4, 0.5) is 5.69 Å². The van der Waals surface area contributed by atoms with Crippen molar-refractivity contribution in [1.29, 1.82) is 0 Å². The Morgan fingerprint density at radius 2 is 1.83 bits per heavy atom. The van der Waals surface area contributed by atoms with Crippen molar-refractivity contribution in [2.45, 2.75) is 12.7 Å². The predicted octanol–water partition coefficient (Wildman–Crippen LogP) is 3.70. The van der Waals surface area contributed by atoms with Gasteiger partial charge in [-0.3, -0.25) is 4.72 Å². The van der Waals surface area contributed by atoms with Gasteiger partial charge >= 0.3 is 0 Å². The van der Waals surface area contributed by atoms with Crippen LogP contribution < -0.4 is 9.46 Å². The van der Waals surface area contributed by atoms with Gasteiger partial charge in [0.25, 0.3) is 0 Å². The van der Waals surface area contributed by atoms with E-state index < -0.39 is 10.0 Å². The summed E-state index contributed by atoms with van der Waals surface area (Å²) in [5, 5.41) is 12.2. The van der Waals surface area contributed by atoms with Crippen LogP contribution >= 0.6 is 0 Å². The molecule has 4 rings (SSSR count). The van der Waals surface area contributed by atoms with Crippen molar-refractivity contribution in [2.75, 3.05) is 4.72 Å². The average Bonchev–Trinajstić information content (AvgIpc) is 3.24. The van der Waals surface area contributed by atoms with Gasteiger partial charge in [0.1, 0.15) is 5.75 Å². The number of aryl methyl sites for hydroxylation is 1. The minimum Gasteiger partial charge on any atom is -0.438 e. The summed E-state index contributed by atoms with van der Waals surface area (Å²) in [6.07, 6.45) is 3.42. The van der Waals surface area contributed by atoms with Crippen LogP contribution in [0.3, 0.4) is 0 Å². The molecule has 0 aliphatic carbocycles. The fraction of sp³-hybridized carbons (Fsp3) is 0.0952. The van der Waals surface area contributed by atoms with Gasteiger partial charge in [0.2, 0.25) is 15.9 Å². The highest BCUT2D eigenvalue weighted by molar-refractivity contribution is 7.91. The molecule has 30 heavy (non-hydrogen) atoms. The first-order chi connectivity index (χ1) is 14.5. The van der Waals surface area contributed by atoms with Crippen molar-refractivity contribution in [1.82, 2.24) is 20.0 Å². The zero-order valence-corrected chi connectivity index (χ0v) is 17.0. The molecule has 152 valence electrons. The third-order valence-corrected chi connectivity index (χ3v) is 5.41. The Balaban J connectivity index is 1.39. The second-order valence-electron chi connectivity index (χ2n) is 6.66. The van der Waals surface area contributed by atoms with Gasteiger partial charge in [0.15, 0.2) is 5.82 Å². The summed E-state index contributed by atoms with van der Waals surface area (Å²) in [6.45, 7) is 1.93. The maximum atomic E-state index is 12.4. The molecule has 0 aliphatic rings. The maximum Gasteiger partial charge on any atom is 0.238 e. The number of ether oxygens (including phenoxy) is 1. The number of sulfonamides is 1. The maximum absolute atomic E-state index is 12.4. The van der Waals surface area contributed by atoms with Gasteiger partial charge in [0, 0.05) is 24.1 Å². The molecule has 2 heterocycles. The summed E-state index contributed by atoms with van der Waals surface area (Å²) in [5.41, 5.74) is 2.21. The monoisotopic (exact) mass is 421 g/mol. The summed E-state index contributed by atoms with van der Waals surface area (Å²) >= 11 is 0. The molecule has 2 aromatic heterocycles. The summed E-state index contributed by atoms with van der Waals surface area (Å²) in [7, 11) is -3.52. The SMILES string of the molecule is Cc1cccc(CS(=O)(=O)Nc2ccc(Oc3ccc(-n4cccn4)nn3)cc2)c1. The van der Waals surface area contributed by atoms with E-state index >= 15 is 0 Å². The predicted molar refractivity (Wildman–Crippen MR) is 113 cm³/mol. The Hall–Kier alpha value is -3.72. The Labute approximate surface area is 174 Å². The lowest BCUT2D eigenvalue weighted by Gasteiger charge is -2.10. The summed E-state index contributed by atoms with van der Waals surface area (Å²) in [6, 6.07) is 19.2. The first-order valence-corrected chi connectivity index (χ1v) is 10.8. The van der Waals surface area contributed by atoms with Crippen LogP contribution in [-0.2, 0) is 15.8 Å². The fourth-order valence-electron chi connectivity index (χ4n) is 2.84. The highest BCUT2D eigenvalue weighted by atomic mass is 32.2. The third kappa shape index (κ3) is 5.00. The lowest BCUT2D eigenvalue weighted by atomic mass is 10.2. The molecule has 0 aliphatic heterocycles. The topological polar surface area (TPSA) is 99.0 Å². The van der Waals surface area contributed by atoms with E-state index in [4.69, 9.17) is 4.74 Å². The number of rotatable bonds is 7. The van der Waals surface area contributed by atoms with Crippen LogP contribution in [0.15, 0.2) is 79.1 Å². The van der Waals surface area contributed by atoms with Gasteiger partial charge in [-0.2, -0.15) is 5.10 Å². The van der Waals surface area contributed by atoms with E-state index in [1.807, 2.05) is 25.1 Å². The van der Waals surface area contributed by atoms with Crippen LogP contribution in [0.2, 0.25) is 0 Å². The molecule has 0 unspecified atom stereocenters. The Kier molecular flexibility index (Phi) is 5.44. The second kappa shape index (κ2) is 8.34. The molecule has 0 saturated carbocycles. The first kappa shape index (κ1) is 19.6. The molecule has 2 aromatic carbocycles. The van der Waals surface area contributed by atoms with Crippen LogP contribution in [0.25, 0.3) is 5.82 Å². The standard InChI is InChI=1S/C21H19N5O3S/c1-16-4-2-5-17(14-16)15-30(27,28)25-18-6-8-19(9-7-18)29-21-11-10-20(23-24-21)26-13-3-12-22-26/h2-14,25H,15H2,1H3. The van der Waals surface area contributed by atoms with Crippen molar-refractivity contribution >= 4 is 15.7 Å². The summed E-state index contributed by atoms with van der Waals surface area (Å²) < 4.78 is 34.7. The second-order valence-corrected chi connectivity index (χ2v) is 8.38. The van der Waals surface area contributed by atoms with Gasteiger partial charge < -0.3 is 4.74 Å². The molecular formula is C21H19N5O3S. The number of aromatic nitrogens is 4. The van der Waals surface area contributed by atoms with Gasteiger partial charge in [-0.05, 0) is 48.9 Å². The number of nitrogens with zero attached hydrogens (tertiary/aromatic N) is 4. The van der Waals surface area contributed by atoms with Crippen LogP contribution in [0.5, 0.6) is 11.6 Å². The van der Waals surface area contributed by atoms with Crippen molar-refractivity contribution in [2.24, 2.45) is 0 Å². The molecule has 0 atom stereocenters. The molecule has 0 saturated heterocycles. The molecule has 0 spiro atoms. The lowest BCUT2D eigenvalue weighted by molar-refractivity contribution is 0.454. The van der Waals surface area contributed by atoms with Gasteiger partial charge in [0.05, 0.1) is 5.75 Å². The lowest BCUT2D eigenvalue weighted by Crippen LogP contribution is -2.15. The molecule has 1 N–H and O–H groups in total. The minimum atomic E-state index is -3.52. The minimum absolute atomic E-state index is 0.0921. The van der Waals surface area contributed by atoms with E-state index in [0.29, 0.717) is 23.1 Å². The molecule has 0 radical (unpaired) electrons. The van der Waals surface area contributed by atoms with E-state index in [1.54, 1.807) is 65.6 Å². The van der Waals surface area contributed by atoms with Crippen molar-refractivity contribution < 1.29 is 13.2 Å². The molecule has 9 heteroatoms. The van der Waals surface area contributed by atoms with Crippen LogP contribution in [0, 0.1) is 6.92 Å². The quantitative estimate of drug-likeness (QED) is 0.488. The number of hydrogen-bond acceptors (Lipinski definition) is 6. The summed E-state index contributed by atoms with van der Waals surface area (Å²) in [4.78, 5) is 0. The normalized spacial score (nSPS) is 11.2. The molecule has 4 aromatic rings. The number of benzene rings is 2. The molecule has 0 fully saturated rings.